The molecule has 0 bridgehead atoms. The van der Waals surface area contributed by atoms with Crippen LogP contribution in [0.3, 0.4) is 0 Å². The van der Waals surface area contributed by atoms with Gasteiger partial charge in [-0.2, -0.15) is 13.2 Å². The fourth-order valence-electron chi connectivity index (χ4n) is 1.81. The predicted octanol–water partition coefficient (Wildman–Crippen LogP) is 3.46. The smallest absolute Gasteiger partial charge is 0.417 e. The zero-order valence-electron chi connectivity index (χ0n) is 12.1. The number of pyridine rings is 1. The molecule has 128 valence electrons. The van der Waals surface area contributed by atoms with Gasteiger partial charge in [-0.3, -0.25) is 4.98 Å². The van der Waals surface area contributed by atoms with Crippen LogP contribution in [0.5, 0.6) is 11.5 Å². The molecule has 0 saturated heterocycles. The molecular formula is C15H11F4NO4. The number of aromatic hydroxyl groups is 1. The van der Waals surface area contributed by atoms with E-state index < -0.39 is 41.1 Å². The molecule has 1 aromatic heterocycles. The van der Waals surface area contributed by atoms with Gasteiger partial charge in [-0.1, -0.05) is 0 Å². The molecule has 0 fully saturated rings. The minimum Gasteiger partial charge on any atom is -0.504 e. The van der Waals surface area contributed by atoms with Gasteiger partial charge in [0.2, 0.25) is 0 Å². The van der Waals surface area contributed by atoms with E-state index in [9.17, 15) is 27.5 Å². The van der Waals surface area contributed by atoms with Gasteiger partial charge >= 0.3 is 12.1 Å². The predicted molar refractivity (Wildman–Crippen MR) is 74.0 cm³/mol. The molecule has 0 spiro atoms. The topological polar surface area (TPSA) is 79.7 Å². The number of benzene rings is 1. The number of hydrogen-bond acceptors (Lipinski definition) is 4. The number of carbonyl (C=O) groups is 1. The summed E-state index contributed by atoms with van der Waals surface area (Å²) >= 11 is 0. The van der Waals surface area contributed by atoms with E-state index in [-0.39, 0.29) is 11.3 Å². The van der Waals surface area contributed by atoms with Gasteiger partial charge in [0.25, 0.3) is 0 Å². The monoisotopic (exact) mass is 345 g/mol. The number of aliphatic carboxylic acids is 1. The number of carboxylic acid groups (broad SMARTS) is 1. The summed E-state index contributed by atoms with van der Waals surface area (Å²) in [7, 11) is 0. The third-order valence-electron chi connectivity index (χ3n) is 3.05. The fraction of sp³-hybridized carbons (Fsp3) is 0.200. The molecule has 5 nitrogen and oxygen atoms in total. The van der Waals surface area contributed by atoms with Crippen molar-refractivity contribution in [2.45, 2.75) is 19.2 Å². The van der Waals surface area contributed by atoms with Crippen LogP contribution in [0.15, 0.2) is 30.5 Å². The maximum atomic E-state index is 13.9. The molecule has 0 aliphatic rings. The van der Waals surface area contributed by atoms with E-state index in [0.29, 0.717) is 12.3 Å². The second-order valence-corrected chi connectivity index (χ2v) is 4.83. The van der Waals surface area contributed by atoms with Gasteiger partial charge in [0.1, 0.15) is 11.5 Å². The number of hydrogen-bond donors (Lipinski definition) is 2. The Morgan fingerprint density at radius 2 is 1.96 bits per heavy atom. The Bertz CT molecular complexity index is 777. The number of carboxylic acids is 1. The normalized spacial score (nSPS) is 12.7. The Morgan fingerprint density at radius 1 is 1.29 bits per heavy atom. The molecule has 2 aromatic rings. The van der Waals surface area contributed by atoms with Crippen molar-refractivity contribution >= 4 is 5.97 Å². The van der Waals surface area contributed by atoms with Crippen LogP contribution in [0, 0.1) is 5.82 Å². The molecule has 1 aromatic carbocycles. The molecular weight excluding hydrogens is 334 g/mol. The first-order chi connectivity index (χ1) is 11.1. The molecule has 2 N–H and O–H groups in total. The van der Waals surface area contributed by atoms with Crippen LogP contribution >= 0.6 is 0 Å². The van der Waals surface area contributed by atoms with Crippen LogP contribution in [0.1, 0.15) is 12.5 Å². The van der Waals surface area contributed by atoms with E-state index in [2.05, 4.69) is 4.98 Å². The van der Waals surface area contributed by atoms with Crippen LogP contribution in [0.2, 0.25) is 0 Å². The zero-order chi connectivity index (χ0) is 18.1. The highest BCUT2D eigenvalue weighted by Crippen LogP contribution is 2.34. The zero-order valence-corrected chi connectivity index (χ0v) is 12.1. The van der Waals surface area contributed by atoms with Crippen molar-refractivity contribution in [3.05, 3.63) is 41.8 Å². The SMILES string of the molecule is C[C@@H](Oc1ccc(-c2ncc(C(F)(F)F)cc2F)cc1O)C(=O)O. The van der Waals surface area contributed by atoms with Gasteiger partial charge in [0.05, 0.1) is 5.56 Å². The summed E-state index contributed by atoms with van der Waals surface area (Å²) < 4.78 is 56.3. The van der Waals surface area contributed by atoms with Crippen molar-refractivity contribution in [3.8, 4) is 22.8 Å². The second kappa shape index (κ2) is 6.34. The average molecular weight is 345 g/mol. The summed E-state index contributed by atoms with van der Waals surface area (Å²) in [5.41, 5.74) is -1.62. The van der Waals surface area contributed by atoms with Gasteiger partial charge in [0.15, 0.2) is 17.6 Å². The van der Waals surface area contributed by atoms with E-state index in [1.54, 1.807) is 0 Å². The van der Waals surface area contributed by atoms with Crippen LogP contribution in [-0.4, -0.2) is 27.3 Å². The first-order valence-electron chi connectivity index (χ1n) is 6.55. The van der Waals surface area contributed by atoms with Gasteiger partial charge in [-0.15, -0.1) is 0 Å². The van der Waals surface area contributed by atoms with E-state index in [1.165, 1.54) is 19.1 Å². The number of aromatic nitrogens is 1. The van der Waals surface area contributed by atoms with Gasteiger partial charge in [-0.05, 0) is 31.2 Å². The number of alkyl halides is 3. The standard InChI is InChI=1S/C15H11F4NO4/c1-7(14(22)23)24-12-3-2-8(4-11(12)21)13-10(16)5-9(6-20-13)15(17,18)19/h2-7,21H,1H3,(H,22,23)/t7-/m1/s1. The fourth-order valence-corrected chi connectivity index (χ4v) is 1.81. The quantitative estimate of drug-likeness (QED) is 0.830. The third-order valence-corrected chi connectivity index (χ3v) is 3.05. The van der Waals surface area contributed by atoms with Crippen molar-refractivity contribution in [2.75, 3.05) is 0 Å². The molecule has 0 saturated carbocycles. The maximum absolute atomic E-state index is 13.9. The number of phenolic OH excluding ortho intramolecular Hbond substituents is 1. The molecule has 0 unspecified atom stereocenters. The van der Waals surface area contributed by atoms with Crippen LogP contribution in [0.4, 0.5) is 17.6 Å². The Labute approximate surface area is 133 Å². The molecule has 1 atom stereocenters. The van der Waals surface area contributed by atoms with E-state index in [4.69, 9.17) is 9.84 Å². The Hall–Kier alpha value is -2.84. The molecule has 0 radical (unpaired) electrons. The highest BCUT2D eigenvalue weighted by Gasteiger charge is 2.32. The lowest BCUT2D eigenvalue weighted by Gasteiger charge is -2.13. The minimum absolute atomic E-state index is 0.00838. The van der Waals surface area contributed by atoms with Crippen molar-refractivity contribution < 1.29 is 37.3 Å². The summed E-state index contributed by atoms with van der Waals surface area (Å²) in [5, 5.41) is 18.5. The summed E-state index contributed by atoms with van der Waals surface area (Å²) in [5.74, 6) is -3.13. The molecule has 9 heteroatoms. The number of phenols is 1. The van der Waals surface area contributed by atoms with Crippen LogP contribution in [-0.2, 0) is 11.0 Å². The number of ether oxygens (including phenoxy) is 1. The lowest BCUT2D eigenvalue weighted by molar-refractivity contribution is -0.144. The van der Waals surface area contributed by atoms with Crippen LogP contribution < -0.4 is 4.74 Å². The summed E-state index contributed by atoms with van der Waals surface area (Å²) in [4.78, 5) is 14.1. The van der Waals surface area contributed by atoms with E-state index >= 15 is 0 Å². The lowest BCUT2D eigenvalue weighted by Crippen LogP contribution is -2.22. The molecule has 2 rings (SSSR count). The van der Waals surface area contributed by atoms with E-state index in [1.807, 2.05) is 0 Å². The van der Waals surface area contributed by atoms with E-state index in [0.717, 1.165) is 6.07 Å². The van der Waals surface area contributed by atoms with Gasteiger partial charge in [-0.25, -0.2) is 9.18 Å². The van der Waals surface area contributed by atoms with Crippen LogP contribution in [0.25, 0.3) is 11.3 Å². The van der Waals surface area contributed by atoms with Gasteiger partial charge in [0, 0.05) is 11.8 Å². The number of halogens is 4. The van der Waals surface area contributed by atoms with Crippen molar-refractivity contribution in [3.63, 3.8) is 0 Å². The maximum Gasteiger partial charge on any atom is 0.417 e. The lowest BCUT2D eigenvalue weighted by atomic mass is 10.1. The summed E-state index contributed by atoms with van der Waals surface area (Å²) in [6, 6.07) is 3.73. The minimum atomic E-state index is -4.72. The number of nitrogens with zero attached hydrogens (tertiary/aromatic N) is 1. The van der Waals surface area contributed by atoms with Gasteiger partial charge < -0.3 is 14.9 Å². The molecule has 0 amide bonds. The Balaban J connectivity index is 2.34. The largest absolute Gasteiger partial charge is 0.504 e. The highest BCUT2D eigenvalue weighted by atomic mass is 19.4. The third kappa shape index (κ3) is 3.73. The molecule has 0 aliphatic heterocycles. The van der Waals surface area contributed by atoms with Crippen molar-refractivity contribution in [2.24, 2.45) is 0 Å². The summed E-state index contributed by atoms with van der Waals surface area (Å²) in [6.07, 6.45) is -5.48. The van der Waals surface area contributed by atoms with Crippen molar-refractivity contribution in [1.82, 2.24) is 4.98 Å². The first kappa shape index (κ1) is 17.5. The Morgan fingerprint density at radius 3 is 2.46 bits per heavy atom. The molecule has 1 heterocycles. The highest BCUT2D eigenvalue weighted by molar-refractivity contribution is 5.72. The Kier molecular flexibility index (Phi) is 4.63. The molecule has 24 heavy (non-hydrogen) atoms. The number of rotatable bonds is 4. The summed E-state index contributed by atoms with van der Waals surface area (Å²) in [6.45, 7) is 1.24. The second-order valence-electron chi connectivity index (χ2n) is 4.83. The van der Waals surface area contributed by atoms with Crippen molar-refractivity contribution in [1.29, 1.82) is 0 Å². The average Bonchev–Trinajstić information content (AvgIpc) is 2.48. The molecule has 0 aliphatic carbocycles. The first-order valence-corrected chi connectivity index (χ1v) is 6.55.